The molecule has 0 aromatic heterocycles. The lowest BCUT2D eigenvalue weighted by atomic mass is 9.95. The van der Waals surface area contributed by atoms with E-state index in [0.29, 0.717) is 29.5 Å². The van der Waals surface area contributed by atoms with Gasteiger partial charge in [0.15, 0.2) is 0 Å². The van der Waals surface area contributed by atoms with Crippen LogP contribution in [0.5, 0.6) is 0 Å². The number of rotatable bonds is 12. The molecule has 0 heterocycles. The summed E-state index contributed by atoms with van der Waals surface area (Å²) < 4.78 is 14.6. The van der Waals surface area contributed by atoms with E-state index in [0.717, 1.165) is 51.4 Å². The summed E-state index contributed by atoms with van der Waals surface area (Å²) in [5, 5.41) is 10.9. The Labute approximate surface area is 140 Å². The highest BCUT2D eigenvalue weighted by Gasteiger charge is 2.11. The number of hydrogen-bond donors (Lipinski definition) is 0. The molecule has 0 fully saturated rings. The van der Waals surface area contributed by atoms with Gasteiger partial charge in [-0.25, -0.2) is 4.39 Å². The molecule has 0 atom stereocenters. The molecule has 0 aliphatic carbocycles. The second-order valence-electron chi connectivity index (χ2n) is 6.40. The van der Waals surface area contributed by atoms with Gasteiger partial charge in [-0.2, -0.15) is 0 Å². The Morgan fingerprint density at radius 3 is 1.78 bits per heavy atom. The molecule has 0 aliphatic heterocycles. The molecule has 3 heteroatoms. The minimum absolute atomic E-state index is 0.125. The van der Waals surface area contributed by atoms with E-state index < -0.39 is 5.97 Å². The molecule has 130 valence electrons. The highest BCUT2D eigenvalue weighted by atomic mass is 19.1. The fraction of sp³-hybridized carbons (Fsp3) is 0.650. The fourth-order valence-electron chi connectivity index (χ4n) is 2.94. The maximum absolute atomic E-state index is 14.6. The van der Waals surface area contributed by atoms with Crippen LogP contribution in [0.4, 0.5) is 4.39 Å². The predicted molar refractivity (Wildman–Crippen MR) is 90.8 cm³/mol. The van der Waals surface area contributed by atoms with Crippen molar-refractivity contribution < 1.29 is 14.3 Å². The first-order valence-corrected chi connectivity index (χ1v) is 9.08. The molecule has 0 radical (unpaired) electrons. The van der Waals surface area contributed by atoms with Crippen molar-refractivity contribution in [1.29, 1.82) is 0 Å². The number of carbonyl (C=O) groups excluding carboxylic acids is 1. The average molecular weight is 321 g/mol. The molecule has 1 aromatic carbocycles. The summed E-state index contributed by atoms with van der Waals surface area (Å²) in [6, 6.07) is 3.43. The van der Waals surface area contributed by atoms with Crippen LogP contribution in [0.15, 0.2) is 12.1 Å². The summed E-state index contributed by atoms with van der Waals surface area (Å²) in [5.41, 5.74) is 2.01. The van der Waals surface area contributed by atoms with Gasteiger partial charge in [0.1, 0.15) is 5.82 Å². The Morgan fingerprint density at radius 2 is 1.39 bits per heavy atom. The highest BCUT2D eigenvalue weighted by molar-refractivity contribution is 5.68. The zero-order valence-electron chi connectivity index (χ0n) is 14.6. The van der Waals surface area contributed by atoms with E-state index >= 15 is 0 Å². The molecule has 0 saturated heterocycles. The van der Waals surface area contributed by atoms with Gasteiger partial charge in [-0.1, -0.05) is 64.5 Å². The van der Waals surface area contributed by atoms with E-state index in [2.05, 4.69) is 13.8 Å². The van der Waals surface area contributed by atoms with E-state index in [-0.39, 0.29) is 12.2 Å². The molecule has 0 N–H and O–H groups in total. The third-order valence-electron chi connectivity index (χ3n) is 4.23. The summed E-state index contributed by atoms with van der Waals surface area (Å²) in [6.07, 6.45) is 9.94. The number of carboxylic acid groups (broad SMARTS) is 1. The first-order valence-electron chi connectivity index (χ1n) is 9.08. The third kappa shape index (κ3) is 7.62. The van der Waals surface area contributed by atoms with Crippen LogP contribution < -0.4 is 5.11 Å². The largest absolute Gasteiger partial charge is 0.550 e. The smallest absolute Gasteiger partial charge is 0.129 e. The SMILES string of the molecule is CCCCCCc1cc(CC(=O)[O-])cc(CCCCCC)c1F. The van der Waals surface area contributed by atoms with Crippen molar-refractivity contribution in [3.63, 3.8) is 0 Å². The van der Waals surface area contributed by atoms with Crippen molar-refractivity contribution in [1.82, 2.24) is 0 Å². The second kappa shape index (κ2) is 11.2. The van der Waals surface area contributed by atoms with Crippen LogP contribution in [-0.4, -0.2) is 5.97 Å². The second-order valence-corrected chi connectivity index (χ2v) is 6.40. The van der Waals surface area contributed by atoms with E-state index in [1.807, 2.05) is 0 Å². The Hall–Kier alpha value is -1.38. The minimum atomic E-state index is -1.11. The number of carbonyl (C=O) groups is 1. The number of halogens is 1. The highest BCUT2D eigenvalue weighted by Crippen LogP contribution is 2.21. The molecular weight excluding hydrogens is 291 g/mol. The topological polar surface area (TPSA) is 40.1 Å². The van der Waals surface area contributed by atoms with Gasteiger partial charge in [-0.15, -0.1) is 0 Å². The van der Waals surface area contributed by atoms with Crippen LogP contribution in [0.1, 0.15) is 81.9 Å². The fourth-order valence-corrected chi connectivity index (χ4v) is 2.94. The van der Waals surface area contributed by atoms with E-state index in [4.69, 9.17) is 0 Å². The van der Waals surface area contributed by atoms with Crippen molar-refractivity contribution in [2.75, 3.05) is 0 Å². The zero-order valence-corrected chi connectivity index (χ0v) is 14.6. The standard InChI is InChI=1S/C20H31FO2/c1-3-5-7-9-11-17-13-16(15-19(22)23)14-18(20(17)21)12-10-8-6-4-2/h13-14H,3-12,15H2,1-2H3,(H,22,23)/p-1. The molecule has 0 bridgehead atoms. The Balaban J connectivity index is 2.81. The van der Waals surface area contributed by atoms with Crippen LogP contribution in [0.3, 0.4) is 0 Å². The van der Waals surface area contributed by atoms with Crippen LogP contribution in [0, 0.1) is 5.82 Å². The molecule has 0 saturated carbocycles. The average Bonchev–Trinajstić information content (AvgIpc) is 2.51. The zero-order chi connectivity index (χ0) is 17.1. The van der Waals surface area contributed by atoms with Crippen LogP contribution in [0.2, 0.25) is 0 Å². The summed E-state index contributed by atoms with van der Waals surface area (Å²) in [7, 11) is 0. The first-order chi connectivity index (χ1) is 11.1. The molecule has 23 heavy (non-hydrogen) atoms. The van der Waals surface area contributed by atoms with Gasteiger partial charge in [-0.05, 0) is 42.4 Å². The lowest BCUT2D eigenvalue weighted by molar-refractivity contribution is -0.304. The molecule has 2 nitrogen and oxygen atoms in total. The molecule has 1 rings (SSSR count). The number of unbranched alkanes of at least 4 members (excludes halogenated alkanes) is 6. The lowest BCUT2D eigenvalue weighted by Crippen LogP contribution is -2.24. The Bertz CT molecular complexity index is 450. The van der Waals surface area contributed by atoms with Crippen molar-refractivity contribution in [2.45, 2.75) is 84.5 Å². The number of benzene rings is 1. The number of aliphatic carboxylic acids is 1. The number of carboxylic acids is 1. The van der Waals surface area contributed by atoms with E-state index in [1.165, 1.54) is 0 Å². The normalized spacial score (nSPS) is 10.9. The summed E-state index contributed by atoms with van der Waals surface area (Å²) in [5.74, 6) is -1.23. The third-order valence-corrected chi connectivity index (χ3v) is 4.23. The van der Waals surface area contributed by atoms with Gasteiger partial charge in [0.2, 0.25) is 0 Å². The van der Waals surface area contributed by atoms with Gasteiger partial charge >= 0.3 is 0 Å². The Morgan fingerprint density at radius 1 is 0.913 bits per heavy atom. The van der Waals surface area contributed by atoms with Crippen molar-refractivity contribution >= 4 is 5.97 Å². The maximum Gasteiger partial charge on any atom is 0.129 e. The Kier molecular flexibility index (Phi) is 9.58. The van der Waals surface area contributed by atoms with Crippen LogP contribution in [-0.2, 0) is 24.1 Å². The monoisotopic (exact) mass is 321 g/mol. The molecule has 0 amide bonds. The summed E-state index contributed by atoms with van der Waals surface area (Å²) in [4.78, 5) is 10.9. The molecular formula is C20H30FO2-. The van der Waals surface area contributed by atoms with E-state index in [9.17, 15) is 14.3 Å². The molecule has 0 unspecified atom stereocenters. The van der Waals surface area contributed by atoms with E-state index in [1.54, 1.807) is 12.1 Å². The predicted octanol–water partition coefficient (Wildman–Crippen LogP) is 4.36. The number of hydrogen-bond acceptors (Lipinski definition) is 2. The van der Waals surface area contributed by atoms with Gasteiger partial charge < -0.3 is 9.90 Å². The van der Waals surface area contributed by atoms with Crippen LogP contribution in [0.25, 0.3) is 0 Å². The minimum Gasteiger partial charge on any atom is -0.550 e. The summed E-state index contributed by atoms with van der Waals surface area (Å²) in [6.45, 7) is 4.30. The maximum atomic E-state index is 14.6. The number of aryl methyl sites for hydroxylation is 2. The van der Waals surface area contributed by atoms with Gasteiger partial charge in [0, 0.05) is 12.4 Å². The molecule has 0 aliphatic rings. The lowest BCUT2D eigenvalue weighted by Gasteiger charge is -2.13. The van der Waals surface area contributed by atoms with Crippen molar-refractivity contribution in [3.8, 4) is 0 Å². The first kappa shape index (κ1) is 19.7. The van der Waals surface area contributed by atoms with Crippen molar-refractivity contribution in [2.24, 2.45) is 0 Å². The van der Waals surface area contributed by atoms with Gasteiger partial charge in [0.25, 0.3) is 0 Å². The van der Waals surface area contributed by atoms with Gasteiger partial charge in [-0.3, -0.25) is 0 Å². The summed E-state index contributed by atoms with van der Waals surface area (Å²) >= 11 is 0. The quantitative estimate of drug-likeness (QED) is 0.537. The molecule has 1 aromatic rings. The van der Waals surface area contributed by atoms with Gasteiger partial charge in [0.05, 0.1) is 0 Å². The van der Waals surface area contributed by atoms with Crippen molar-refractivity contribution in [3.05, 3.63) is 34.6 Å². The molecule has 0 spiro atoms. The van der Waals surface area contributed by atoms with Crippen LogP contribution >= 0.6 is 0 Å².